The van der Waals surface area contributed by atoms with Crippen molar-refractivity contribution in [3.63, 3.8) is 0 Å². The van der Waals surface area contributed by atoms with E-state index in [1.165, 1.54) is 49.9 Å². The first-order valence-electron chi connectivity index (χ1n) is 26.6. The quantitative estimate of drug-likeness (QED) is 0.0316. The van der Waals surface area contributed by atoms with Gasteiger partial charge in [-0.2, -0.15) is 0 Å². The topological polar surface area (TPSA) is 303 Å². The molecule has 4 aromatic carbocycles. The summed E-state index contributed by atoms with van der Waals surface area (Å²) in [5.41, 5.74) is 12.6. The number of aldehydes is 1. The number of aromatic nitrogens is 8. The van der Waals surface area contributed by atoms with Crippen LogP contribution in [0.3, 0.4) is 0 Å². The second kappa shape index (κ2) is 30.0. The van der Waals surface area contributed by atoms with Crippen molar-refractivity contribution in [2.45, 2.75) is 74.0 Å². The molecule has 0 bridgehead atoms. The van der Waals surface area contributed by atoms with Gasteiger partial charge in [-0.15, -0.1) is 0 Å². The van der Waals surface area contributed by atoms with Gasteiger partial charge in [0.05, 0.1) is 45.6 Å². The van der Waals surface area contributed by atoms with Gasteiger partial charge in [0.25, 0.3) is 0 Å². The van der Waals surface area contributed by atoms with Crippen LogP contribution in [-0.2, 0) is 46.3 Å². The van der Waals surface area contributed by atoms with E-state index in [0.717, 1.165) is 0 Å². The maximum atomic E-state index is 10.8. The van der Waals surface area contributed by atoms with Crippen LogP contribution in [0.2, 0.25) is 0 Å². The van der Waals surface area contributed by atoms with Gasteiger partial charge in [-0.1, -0.05) is 121 Å². The lowest BCUT2D eigenvalue weighted by Gasteiger charge is -2.20. The van der Waals surface area contributed by atoms with E-state index in [1.807, 2.05) is 72.8 Å². The molecular formula is C58H72N12O11. The van der Waals surface area contributed by atoms with Crippen LogP contribution >= 0.6 is 0 Å². The highest BCUT2D eigenvalue weighted by molar-refractivity contribution is 5.84. The summed E-state index contributed by atoms with van der Waals surface area (Å²) in [6, 6.07) is 41.2. The van der Waals surface area contributed by atoms with Crippen molar-refractivity contribution < 1.29 is 53.6 Å². The number of aliphatic hydroxyl groups excluding tert-OH is 4. The van der Waals surface area contributed by atoms with Gasteiger partial charge in [-0.3, -0.25) is 9.13 Å². The third-order valence-corrected chi connectivity index (χ3v) is 13.8. The number of carbonyl (C=O) groups is 1. The molecule has 0 aliphatic carbocycles. The summed E-state index contributed by atoms with van der Waals surface area (Å²) in [6.07, 6.45) is -3.83. The van der Waals surface area contributed by atoms with Crippen LogP contribution in [0.1, 0.15) is 58.2 Å². The molecule has 23 heteroatoms. The van der Waals surface area contributed by atoms with Crippen LogP contribution in [0.5, 0.6) is 0 Å². The number of hydrogen-bond acceptors (Lipinski definition) is 21. The van der Waals surface area contributed by atoms with Crippen LogP contribution in [0, 0.1) is 0 Å². The average Bonchev–Trinajstić information content (AvgIpc) is 4.28. The van der Waals surface area contributed by atoms with Crippen LogP contribution in [0.15, 0.2) is 134 Å². The number of anilines is 2. The zero-order chi connectivity index (χ0) is 57.1. The maximum absolute atomic E-state index is 10.8. The molecule has 8 atom stereocenters. The minimum absolute atomic E-state index is 0.0720. The molecule has 9 N–H and O–H groups in total. The molecule has 2 aliphatic rings. The van der Waals surface area contributed by atoms with Crippen molar-refractivity contribution in [3.05, 3.63) is 168 Å². The zero-order valence-corrected chi connectivity index (χ0v) is 45.7. The highest BCUT2D eigenvalue weighted by Crippen LogP contribution is 2.35. The Morgan fingerprint density at radius 3 is 1.33 bits per heavy atom. The van der Waals surface area contributed by atoms with E-state index in [-0.39, 0.29) is 38.2 Å². The Hall–Kier alpha value is -7.23. The largest absolute Gasteiger partial charge is 0.387 e. The fraction of sp³-hybridized carbons (Fsp3) is 0.397. The molecule has 4 aromatic heterocycles. The Bertz CT molecular complexity index is 3070. The van der Waals surface area contributed by atoms with E-state index in [9.17, 15) is 25.2 Å². The number of carbonyl (C=O) groups excluding carboxylic acids is 1. The standard InChI is InChI=1S/C29H36N6O5.C26H30N6O4.C3H6O2/c1-38-14-13-30-16-23-33-27(31-15-21(19-9-5-3-6-10-19)20-11-7-4-8-12-20)24-28(34-23)35(18-32-24)29-26(37)25(36)22(40-29)17-39-2;1-35-14-19-22(33)23(34)26(36-19)32-15-29-21-24(30-20(12-27)31-25(21)32)28-13-18(16-8-4-2-5-9-16)17-10-6-3-7-11-17;1-5-3-2-4/h3-12,18,21-22,25-26,29-30,36-37H,13-17H2,1-2H3,(H,31,33,34);2-11,15,18-19,22-23,26,33-34H,12-14,27H2,1H3,(H,28,30,31);2H,3H2,1H3/t22-,25-,26-,29-;19-,22-,23-,26-;/m11./s1. The average molecular weight is 1110 g/mol. The molecule has 8 aromatic rings. The van der Waals surface area contributed by atoms with E-state index >= 15 is 0 Å². The Balaban J connectivity index is 0.000000197. The molecule has 0 spiro atoms. The van der Waals surface area contributed by atoms with E-state index in [2.05, 4.69) is 89.2 Å². The minimum atomic E-state index is -1.17. The first-order chi connectivity index (χ1) is 39.6. The van der Waals surface area contributed by atoms with Gasteiger partial charge in [0.1, 0.15) is 61.2 Å². The zero-order valence-electron chi connectivity index (χ0n) is 45.7. The number of imidazole rings is 2. The van der Waals surface area contributed by atoms with Gasteiger partial charge in [0.15, 0.2) is 46.4 Å². The van der Waals surface area contributed by atoms with Gasteiger partial charge < -0.3 is 75.3 Å². The van der Waals surface area contributed by atoms with E-state index < -0.39 is 49.1 Å². The summed E-state index contributed by atoms with van der Waals surface area (Å²) in [6.45, 7) is 3.37. The summed E-state index contributed by atoms with van der Waals surface area (Å²) in [5, 5.41) is 52.6. The number of nitrogens with one attached hydrogen (secondary N) is 3. The summed E-state index contributed by atoms with van der Waals surface area (Å²) in [7, 11) is 6.17. The maximum Gasteiger partial charge on any atom is 0.168 e. The molecule has 0 amide bonds. The van der Waals surface area contributed by atoms with Crippen molar-refractivity contribution in [3.8, 4) is 0 Å². The van der Waals surface area contributed by atoms with Crippen LogP contribution in [0.4, 0.5) is 11.6 Å². The smallest absolute Gasteiger partial charge is 0.168 e. The highest BCUT2D eigenvalue weighted by Gasteiger charge is 2.45. The molecule has 0 unspecified atom stereocenters. The molecule has 430 valence electrons. The predicted molar refractivity (Wildman–Crippen MR) is 302 cm³/mol. The fourth-order valence-electron chi connectivity index (χ4n) is 9.67. The Morgan fingerprint density at radius 1 is 0.568 bits per heavy atom. The van der Waals surface area contributed by atoms with Crippen molar-refractivity contribution in [2.75, 3.05) is 85.1 Å². The number of nitrogens with two attached hydrogens (primary N) is 1. The van der Waals surface area contributed by atoms with Gasteiger partial charge in [-0.25, -0.2) is 29.9 Å². The molecule has 2 fully saturated rings. The molecule has 23 nitrogen and oxygen atoms in total. The number of rotatable bonds is 24. The molecule has 2 aliphatic heterocycles. The fourth-order valence-corrected chi connectivity index (χ4v) is 9.67. The predicted octanol–water partition coefficient (Wildman–Crippen LogP) is 3.70. The summed E-state index contributed by atoms with van der Waals surface area (Å²) < 4.78 is 34.8. The number of benzene rings is 4. The van der Waals surface area contributed by atoms with Gasteiger partial charge >= 0.3 is 0 Å². The Labute approximate surface area is 469 Å². The number of methoxy groups -OCH3 is 4. The van der Waals surface area contributed by atoms with E-state index in [0.29, 0.717) is 84.7 Å². The second-order valence-electron chi connectivity index (χ2n) is 19.1. The van der Waals surface area contributed by atoms with Crippen LogP contribution < -0.4 is 21.7 Å². The van der Waals surface area contributed by atoms with Gasteiger partial charge in [-0.05, 0) is 22.3 Å². The highest BCUT2D eigenvalue weighted by atomic mass is 16.6. The molecule has 0 radical (unpaired) electrons. The number of hydrogen-bond donors (Lipinski definition) is 8. The van der Waals surface area contributed by atoms with Crippen LogP contribution in [0.25, 0.3) is 22.3 Å². The normalized spacial score (nSPS) is 20.5. The molecule has 0 saturated carbocycles. The lowest BCUT2D eigenvalue weighted by Crippen LogP contribution is -2.33. The Kier molecular flexibility index (Phi) is 22.2. The minimum Gasteiger partial charge on any atom is -0.387 e. The van der Waals surface area contributed by atoms with Gasteiger partial charge in [0, 0.05) is 59.9 Å². The third kappa shape index (κ3) is 14.8. The van der Waals surface area contributed by atoms with E-state index in [1.54, 1.807) is 22.6 Å². The number of ether oxygens (including phenoxy) is 6. The first-order valence-corrected chi connectivity index (χ1v) is 26.6. The van der Waals surface area contributed by atoms with Crippen LogP contribution in [-0.4, -0.2) is 177 Å². The first kappa shape index (κ1) is 59.9. The monoisotopic (exact) mass is 1110 g/mol. The van der Waals surface area contributed by atoms with E-state index in [4.69, 9.17) is 39.4 Å². The number of fused-ring (bicyclic) bond motifs is 2. The van der Waals surface area contributed by atoms with Crippen molar-refractivity contribution in [1.82, 2.24) is 44.4 Å². The molecule has 6 heterocycles. The third-order valence-electron chi connectivity index (χ3n) is 13.8. The van der Waals surface area contributed by atoms with Crippen molar-refractivity contribution >= 4 is 40.2 Å². The summed E-state index contributed by atoms with van der Waals surface area (Å²) in [5.74, 6) is 2.23. The SMILES string of the molecule is COCC=O.COCCNCc1nc(NCC(c2ccccc2)c2ccccc2)c2ncn([C@@H]3O[C@H](COC)[C@@H](O)[C@H]3O)c2n1.COC[C@H]1O[C@@H](n2cnc3c(NCC(c4ccccc4)c4ccccc4)nc(CN)nc32)[C@H](O)[C@@H]1O. The molecular weight excluding hydrogens is 1040 g/mol. The molecule has 10 rings (SSSR count). The molecule has 81 heavy (non-hydrogen) atoms. The number of aliphatic hydroxyl groups is 4. The second-order valence-corrected chi connectivity index (χ2v) is 19.1. The lowest BCUT2D eigenvalue weighted by atomic mass is 9.91. The van der Waals surface area contributed by atoms with Crippen molar-refractivity contribution in [2.24, 2.45) is 5.73 Å². The molecule has 2 saturated heterocycles. The number of nitrogens with zero attached hydrogens (tertiary/aromatic N) is 8. The summed E-state index contributed by atoms with van der Waals surface area (Å²) in [4.78, 5) is 37.1. The lowest BCUT2D eigenvalue weighted by molar-refractivity contribution is -0.110. The van der Waals surface area contributed by atoms with Gasteiger partial charge in [0.2, 0.25) is 0 Å². The summed E-state index contributed by atoms with van der Waals surface area (Å²) >= 11 is 0. The van der Waals surface area contributed by atoms with Crippen molar-refractivity contribution in [1.29, 1.82) is 0 Å². The Morgan fingerprint density at radius 2 is 0.975 bits per heavy atom.